The molecule has 1 aliphatic rings. The van der Waals surface area contributed by atoms with Gasteiger partial charge in [-0.05, 0) is 38.5 Å². The third-order valence-corrected chi connectivity index (χ3v) is 5.08. The molecular weight excluding hydrogens is 340 g/mol. The van der Waals surface area contributed by atoms with E-state index in [4.69, 9.17) is 4.98 Å². The Morgan fingerprint density at radius 2 is 2.00 bits per heavy atom. The first-order chi connectivity index (χ1) is 10.5. The van der Waals surface area contributed by atoms with Gasteiger partial charge in [0.1, 0.15) is 5.82 Å². The van der Waals surface area contributed by atoms with E-state index in [1.807, 2.05) is 0 Å². The van der Waals surface area contributed by atoms with Crippen molar-refractivity contribution in [2.45, 2.75) is 45.3 Å². The summed E-state index contributed by atoms with van der Waals surface area (Å²) in [6.45, 7) is 8.95. The highest BCUT2D eigenvalue weighted by Crippen LogP contribution is 2.29. The zero-order chi connectivity index (χ0) is 15.9. The smallest absolute Gasteiger partial charge is 0.127 e. The second-order valence-corrected chi connectivity index (χ2v) is 7.42. The molecule has 2 aromatic rings. The van der Waals surface area contributed by atoms with E-state index in [2.05, 4.69) is 76.7 Å². The van der Waals surface area contributed by atoms with E-state index in [1.54, 1.807) is 0 Å². The average Bonchev–Trinajstić information content (AvgIpc) is 2.75. The number of nitrogens with one attached hydrogen (secondary N) is 1. The van der Waals surface area contributed by atoms with Crippen LogP contribution in [0.15, 0.2) is 22.7 Å². The van der Waals surface area contributed by atoms with Crippen LogP contribution >= 0.6 is 15.9 Å². The third kappa shape index (κ3) is 2.94. The van der Waals surface area contributed by atoms with Crippen LogP contribution in [0.25, 0.3) is 11.0 Å². The van der Waals surface area contributed by atoms with E-state index >= 15 is 0 Å². The minimum atomic E-state index is 0.378. The summed E-state index contributed by atoms with van der Waals surface area (Å²) in [5.41, 5.74) is 2.27. The number of benzene rings is 1. The Bertz CT molecular complexity index is 656. The van der Waals surface area contributed by atoms with E-state index in [0.29, 0.717) is 18.1 Å². The Morgan fingerprint density at radius 3 is 2.64 bits per heavy atom. The summed E-state index contributed by atoms with van der Waals surface area (Å²) in [5, 5.41) is 3.61. The van der Waals surface area contributed by atoms with Crippen LogP contribution in [-0.2, 0) is 7.05 Å². The number of aromatic nitrogens is 2. The lowest BCUT2D eigenvalue weighted by Crippen LogP contribution is -2.55. The van der Waals surface area contributed by atoms with Crippen LogP contribution in [-0.4, -0.2) is 39.6 Å². The van der Waals surface area contributed by atoms with Gasteiger partial charge in [-0.2, -0.15) is 0 Å². The number of aryl methyl sites for hydroxylation is 1. The summed E-state index contributed by atoms with van der Waals surface area (Å²) in [6, 6.07) is 7.77. The topological polar surface area (TPSA) is 33.1 Å². The molecule has 0 bridgehead atoms. The number of hydrogen-bond acceptors (Lipinski definition) is 3. The van der Waals surface area contributed by atoms with Crippen LogP contribution in [0, 0.1) is 0 Å². The van der Waals surface area contributed by atoms with E-state index < -0.39 is 0 Å². The molecule has 0 aliphatic carbocycles. The first-order valence-corrected chi connectivity index (χ1v) is 8.90. The predicted octanol–water partition coefficient (Wildman–Crippen LogP) is 3.47. The Hall–Kier alpha value is -0.910. The fourth-order valence-corrected chi connectivity index (χ4v) is 4.07. The van der Waals surface area contributed by atoms with Crippen molar-refractivity contribution >= 4 is 27.0 Å². The Labute approximate surface area is 141 Å². The molecule has 5 heteroatoms. The maximum Gasteiger partial charge on any atom is 0.127 e. The minimum Gasteiger partial charge on any atom is -0.330 e. The third-order valence-electron chi connectivity index (χ3n) is 4.59. The van der Waals surface area contributed by atoms with Crippen LogP contribution in [0.4, 0.5) is 0 Å². The lowest BCUT2D eigenvalue weighted by atomic mass is 10.1. The van der Waals surface area contributed by atoms with Crippen molar-refractivity contribution in [1.82, 2.24) is 19.8 Å². The normalized spacial score (nSPS) is 24.8. The summed E-state index contributed by atoms with van der Waals surface area (Å²) >= 11 is 3.54. The summed E-state index contributed by atoms with van der Waals surface area (Å²) in [7, 11) is 2.14. The lowest BCUT2D eigenvalue weighted by molar-refractivity contribution is 0.113. The van der Waals surface area contributed by atoms with Crippen molar-refractivity contribution in [2.75, 3.05) is 13.1 Å². The van der Waals surface area contributed by atoms with Crippen molar-refractivity contribution in [3.63, 3.8) is 0 Å². The van der Waals surface area contributed by atoms with Crippen LogP contribution in [0.3, 0.4) is 0 Å². The van der Waals surface area contributed by atoms with Gasteiger partial charge in [0, 0.05) is 36.7 Å². The molecule has 0 radical (unpaired) electrons. The maximum absolute atomic E-state index is 4.94. The van der Waals surface area contributed by atoms with Crippen molar-refractivity contribution < 1.29 is 0 Å². The molecule has 1 aliphatic heterocycles. The van der Waals surface area contributed by atoms with Gasteiger partial charge in [-0.1, -0.05) is 22.9 Å². The average molecular weight is 365 g/mol. The summed E-state index contributed by atoms with van der Waals surface area (Å²) in [5.74, 6) is 1.18. The van der Waals surface area contributed by atoms with Gasteiger partial charge < -0.3 is 9.88 Å². The molecule has 1 aromatic carbocycles. The minimum absolute atomic E-state index is 0.378. The van der Waals surface area contributed by atoms with Gasteiger partial charge in [0.25, 0.3) is 0 Å². The van der Waals surface area contributed by atoms with E-state index in [-0.39, 0.29) is 0 Å². The van der Waals surface area contributed by atoms with E-state index in [0.717, 1.165) is 29.5 Å². The molecule has 120 valence electrons. The summed E-state index contributed by atoms with van der Waals surface area (Å²) in [4.78, 5) is 7.53. The van der Waals surface area contributed by atoms with Gasteiger partial charge in [-0.3, -0.25) is 4.90 Å². The van der Waals surface area contributed by atoms with Crippen LogP contribution < -0.4 is 5.32 Å². The number of hydrogen-bond donors (Lipinski definition) is 1. The molecule has 2 heterocycles. The highest BCUT2D eigenvalue weighted by Gasteiger charge is 2.29. The fraction of sp³-hybridized carbons (Fsp3) is 0.588. The molecule has 1 N–H and O–H groups in total. The number of piperazine rings is 1. The van der Waals surface area contributed by atoms with Gasteiger partial charge in [-0.25, -0.2) is 4.98 Å². The highest BCUT2D eigenvalue weighted by atomic mass is 79.9. The van der Waals surface area contributed by atoms with Crippen molar-refractivity contribution in [1.29, 1.82) is 0 Å². The van der Waals surface area contributed by atoms with Crippen molar-refractivity contribution in [2.24, 2.45) is 7.05 Å². The Kier molecular flexibility index (Phi) is 4.57. The molecule has 3 rings (SSSR count). The van der Waals surface area contributed by atoms with Crippen LogP contribution in [0.2, 0.25) is 0 Å². The number of halogens is 1. The number of rotatable bonds is 3. The second-order valence-electron chi connectivity index (χ2n) is 6.51. The number of imidazole rings is 1. The summed E-state index contributed by atoms with van der Waals surface area (Å²) in [6.07, 6.45) is 1.08. The molecule has 1 saturated heterocycles. The monoisotopic (exact) mass is 364 g/mol. The molecule has 1 fully saturated rings. The number of nitrogens with zero attached hydrogens (tertiary/aromatic N) is 3. The lowest BCUT2D eigenvalue weighted by Gasteiger charge is -2.40. The second kappa shape index (κ2) is 6.30. The fourth-order valence-electron chi connectivity index (χ4n) is 3.72. The molecular formula is C17H25BrN4. The highest BCUT2D eigenvalue weighted by molar-refractivity contribution is 9.10. The SMILES string of the molecule is CCC(c1nc2cc(Br)ccc2n1C)N1C[C@@H](C)N[C@@H](C)C1. The van der Waals surface area contributed by atoms with Gasteiger partial charge >= 0.3 is 0 Å². The van der Waals surface area contributed by atoms with Gasteiger partial charge in [0.05, 0.1) is 17.1 Å². The first kappa shape index (κ1) is 16.0. The maximum atomic E-state index is 4.94. The first-order valence-electron chi connectivity index (χ1n) is 8.11. The molecule has 0 amide bonds. The van der Waals surface area contributed by atoms with Gasteiger partial charge in [-0.15, -0.1) is 0 Å². The molecule has 22 heavy (non-hydrogen) atoms. The van der Waals surface area contributed by atoms with Gasteiger partial charge in [0.15, 0.2) is 0 Å². The zero-order valence-electron chi connectivity index (χ0n) is 13.8. The predicted molar refractivity (Wildman–Crippen MR) is 95.1 cm³/mol. The Morgan fingerprint density at radius 1 is 1.32 bits per heavy atom. The van der Waals surface area contributed by atoms with Gasteiger partial charge in [0.2, 0.25) is 0 Å². The molecule has 3 atom stereocenters. The zero-order valence-corrected chi connectivity index (χ0v) is 15.4. The van der Waals surface area contributed by atoms with E-state index in [9.17, 15) is 0 Å². The van der Waals surface area contributed by atoms with Crippen molar-refractivity contribution in [3.8, 4) is 0 Å². The molecule has 0 spiro atoms. The van der Waals surface area contributed by atoms with Crippen LogP contribution in [0.1, 0.15) is 39.1 Å². The van der Waals surface area contributed by atoms with Crippen LogP contribution in [0.5, 0.6) is 0 Å². The largest absolute Gasteiger partial charge is 0.330 e. The molecule has 1 unspecified atom stereocenters. The quantitative estimate of drug-likeness (QED) is 0.904. The number of fused-ring (bicyclic) bond motifs is 1. The summed E-state index contributed by atoms with van der Waals surface area (Å²) < 4.78 is 3.34. The molecule has 1 aromatic heterocycles. The van der Waals surface area contributed by atoms with Crippen molar-refractivity contribution in [3.05, 3.63) is 28.5 Å². The standard InChI is InChI=1S/C17H25BrN4/c1-5-15(22-9-11(2)19-12(3)10-22)17-20-14-8-13(18)6-7-16(14)21(17)4/h6-8,11-12,15,19H,5,9-10H2,1-4H3/t11-,12+,15?. The molecule has 4 nitrogen and oxygen atoms in total. The molecule has 0 saturated carbocycles. The Balaban J connectivity index is 1.98. The van der Waals surface area contributed by atoms with E-state index in [1.165, 1.54) is 11.3 Å².